The van der Waals surface area contributed by atoms with E-state index >= 15 is 0 Å². The van der Waals surface area contributed by atoms with Gasteiger partial charge in [0.05, 0.1) is 28.8 Å². The molecule has 3 aromatic rings. The van der Waals surface area contributed by atoms with Crippen LogP contribution in [0.2, 0.25) is 0 Å². The summed E-state index contributed by atoms with van der Waals surface area (Å²) in [6, 6.07) is 10.0. The zero-order valence-electron chi connectivity index (χ0n) is 20.4. The largest absolute Gasteiger partial charge is 0.397 e. The van der Waals surface area contributed by atoms with Gasteiger partial charge in [0.1, 0.15) is 0 Å². The lowest BCUT2D eigenvalue weighted by atomic mass is 9.96. The number of hydrogen-bond donors (Lipinski definition) is 3. The van der Waals surface area contributed by atoms with Gasteiger partial charge in [-0.2, -0.15) is 0 Å². The number of nitrogens with zero attached hydrogens (tertiary/aromatic N) is 5. The van der Waals surface area contributed by atoms with E-state index in [2.05, 4.69) is 50.0 Å². The van der Waals surface area contributed by atoms with Crippen LogP contribution in [0.4, 0.5) is 22.7 Å². The summed E-state index contributed by atoms with van der Waals surface area (Å²) in [5.74, 6) is 0.126. The molecule has 0 unspecified atom stereocenters. The lowest BCUT2D eigenvalue weighted by Gasteiger charge is -2.37. The highest BCUT2D eigenvalue weighted by Gasteiger charge is 2.25. The SMILES string of the molecule is C[C@@H]1C[C@H](N)CN(c2ccncc2NC(=O)c2nc3cc(N4CCN(C)CC4)ccc3cc2N)C1. The van der Waals surface area contributed by atoms with E-state index in [9.17, 15) is 4.79 Å². The maximum absolute atomic E-state index is 13.3. The second-order valence-corrected chi connectivity index (χ2v) is 9.95. The minimum Gasteiger partial charge on any atom is -0.397 e. The van der Waals surface area contributed by atoms with Crippen molar-refractivity contribution in [2.75, 3.05) is 67.2 Å². The zero-order valence-corrected chi connectivity index (χ0v) is 20.4. The fourth-order valence-electron chi connectivity index (χ4n) is 5.15. The third-order valence-electron chi connectivity index (χ3n) is 6.99. The fraction of sp³-hybridized carbons (Fsp3) is 0.423. The Bertz CT molecular complexity index is 1210. The molecule has 1 amide bonds. The van der Waals surface area contributed by atoms with Crippen LogP contribution in [0.25, 0.3) is 10.9 Å². The van der Waals surface area contributed by atoms with Gasteiger partial charge in [0, 0.05) is 62.6 Å². The van der Waals surface area contributed by atoms with Crippen LogP contribution in [0.1, 0.15) is 23.8 Å². The van der Waals surface area contributed by atoms with E-state index < -0.39 is 0 Å². The number of anilines is 4. The van der Waals surface area contributed by atoms with Crippen LogP contribution < -0.4 is 26.6 Å². The van der Waals surface area contributed by atoms with Gasteiger partial charge < -0.3 is 31.5 Å². The monoisotopic (exact) mass is 474 g/mol. The lowest BCUT2D eigenvalue weighted by Crippen LogP contribution is -2.46. The van der Waals surface area contributed by atoms with Crippen molar-refractivity contribution in [3.63, 3.8) is 0 Å². The van der Waals surface area contributed by atoms with Crippen molar-refractivity contribution in [3.05, 3.63) is 48.4 Å². The van der Waals surface area contributed by atoms with Crippen LogP contribution in [-0.4, -0.2) is 73.1 Å². The molecule has 0 aliphatic carbocycles. The van der Waals surface area contributed by atoms with E-state index in [1.165, 1.54) is 0 Å². The highest BCUT2D eigenvalue weighted by Crippen LogP contribution is 2.30. The first-order valence-corrected chi connectivity index (χ1v) is 12.3. The number of nitrogens with one attached hydrogen (secondary N) is 1. The van der Waals surface area contributed by atoms with Crippen molar-refractivity contribution in [2.45, 2.75) is 19.4 Å². The number of nitrogens with two attached hydrogens (primary N) is 2. The quantitative estimate of drug-likeness (QED) is 0.528. The molecular formula is C26H34N8O. The standard InChI is InChI=1S/C26H34N8O/c1-17-11-19(27)16-34(15-17)24-5-6-29-14-23(24)31-26(35)25-21(28)12-18-3-4-20(13-22(18)30-25)33-9-7-32(2)8-10-33/h3-6,12-14,17,19H,7-11,15-16,27-28H2,1-2H3,(H,31,35)/t17-,19+/m1/s1. The first kappa shape index (κ1) is 23.3. The van der Waals surface area contributed by atoms with E-state index in [0.717, 1.165) is 68.0 Å². The Balaban J connectivity index is 1.41. The van der Waals surface area contributed by atoms with Crippen molar-refractivity contribution in [3.8, 4) is 0 Å². The molecule has 9 nitrogen and oxygen atoms in total. The Hall–Kier alpha value is -3.43. The number of benzene rings is 1. The predicted octanol–water partition coefficient (Wildman–Crippen LogP) is 2.39. The van der Waals surface area contributed by atoms with Crippen LogP contribution in [0, 0.1) is 5.92 Å². The van der Waals surface area contributed by atoms with Gasteiger partial charge in [-0.05, 0) is 43.7 Å². The molecular weight excluding hydrogens is 440 g/mol. The summed E-state index contributed by atoms with van der Waals surface area (Å²) in [7, 11) is 2.14. The number of rotatable bonds is 4. The molecule has 35 heavy (non-hydrogen) atoms. The maximum Gasteiger partial charge on any atom is 0.276 e. The van der Waals surface area contributed by atoms with Gasteiger partial charge in [-0.1, -0.05) is 13.0 Å². The fourth-order valence-corrected chi connectivity index (χ4v) is 5.15. The number of amides is 1. The summed E-state index contributed by atoms with van der Waals surface area (Å²) in [5, 5.41) is 3.91. The van der Waals surface area contributed by atoms with Gasteiger partial charge in [-0.25, -0.2) is 4.98 Å². The van der Waals surface area contributed by atoms with Crippen LogP contribution >= 0.6 is 0 Å². The normalized spacial score (nSPS) is 21.3. The van der Waals surface area contributed by atoms with Gasteiger partial charge in [0.25, 0.3) is 5.91 Å². The van der Waals surface area contributed by atoms with Gasteiger partial charge in [-0.3, -0.25) is 9.78 Å². The van der Waals surface area contributed by atoms with E-state index in [1.54, 1.807) is 12.4 Å². The van der Waals surface area contributed by atoms with E-state index in [0.29, 0.717) is 17.3 Å². The highest BCUT2D eigenvalue weighted by molar-refractivity contribution is 6.09. The number of likely N-dealkylation sites (N-methyl/N-ethyl adjacent to an activating group) is 1. The van der Waals surface area contributed by atoms with Crippen molar-refractivity contribution >= 4 is 39.6 Å². The van der Waals surface area contributed by atoms with Crippen LogP contribution in [0.3, 0.4) is 0 Å². The number of piperazine rings is 1. The Morgan fingerprint density at radius 2 is 1.89 bits per heavy atom. The van der Waals surface area contributed by atoms with E-state index in [-0.39, 0.29) is 17.6 Å². The number of hydrogen-bond acceptors (Lipinski definition) is 8. The van der Waals surface area contributed by atoms with Crippen molar-refractivity contribution in [1.82, 2.24) is 14.9 Å². The Kier molecular flexibility index (Phi) is 6.44. The average molecular weight is 475 g/mol. The molecule has 2 aromatic heterocycles. The Labute approximate surface area is 206 Å². The van der Waals surface area contributed by atoms with E-state index in [4.69, 9.17) is 11.5 Å². The molecule has 0 radical (unpaired) electrons. The molecule has 184 valence electrons. The number of pyridine rings is 2. The molecule has 2 aliphatic heterocycles. The summed E-state index contributed by atoms with van der Waals surface area (Å²) in [6.07, 6.45) is 4.40. The summed E-state index contributed by atoms with van der Waals surface area (Å²) >= 11 is 0. The lowest BCUT2D eigenvalue weighted by molar-refractivity contribution is 0.102. The number of piperidine rings is 1. The smallest absolute Gasteiger partial charge is 0.276 e. The van der Waals surface area contributed by atoms with Crippen LogP contribution in [0.5, 0.6) is 0 Å². The maximum atomic E-state index is 13.3. The highest BCUT2D eigenvalue weighted by atomic mass is 16.1. The molecule has 5 rings (SSSR count). The molecule has 0 spiro atoms. The number of carbonyl (C=O) groups is 1. The third kappa shape index (κ3) is 5.01. The summed E-state index contributed by atoms with van der Waals surface area (Å²) in [6.45, 7) is 7.79. The summed E-state index contributed by atoms with van der Waals surface area (Å²) in [4.78, 5) is 29.1. The summed E-state index contributed by atoms with van der Waals surface area (Å²) in [5.41, 5.74) is 16.5. The topological polar surface area (TPSA) is 117 Å². The molecule has 2 saturated heterocycles. The molecule has 1 aromatic carbocycles. The first-order chi connectivity index (χ1) is 16.9. The second-order valence-electron chi connectivity index (χ2n) is 9.95. The number of carbonyl (C=O) groups excluding carboxylic acids is 1. The van der Waals surface area contributed by atoms with Crippen molar-refractivity contribution < 1.29 is 4.79 Å². The Morgan fingerprint density at radius 3 is 2.66 bits per heavy atom. The van der Waals surface area contributed by atoms with Gasteiger partial charge >= 0.3 is 0 Å². The van der Waals surface area contributed by atoms with Gasteiger partial charge in [-0.15, -0.1) is 0 Å². The number of nitrogen functional groups attached to an aromatic ring is 1. The molecule has 2 atom stereocenters. The first-order valence-electron chi connectivity index (χ1n) is 12.3. The minimum atomic E-state index is -0.349. The average Bonchev–Trinajstić information content (AvgIpc) is 2.83. The molecule has 9 heteroatoms. The molecule has 0 saturated carbocycles. The minimum absolute atomic E-state index is 0.0998. The number of fused-ring (bicyclic) bond motifs is 1. The predicted molar refractivity (Wildman–Crippen MR) is 142 cm³/mol. The third-order valence-corrected chi connectivity index (χ3v) is 6.99. The Morgan fingerprint density at radius 1 is 1.09 bits per heavy atom. The van der Waals surface area contributed by atoms with Gasteiger partial charge in [0.2, 0.25) is 0 Å². The molecule has 4 heterocycles. The zero-order chi connectivity index (χ0) is 24.5. The molecule has 5 N–H and O–H groups in total. The van der Waals surface area contributed by atoms with Crippen LogP contribution in [-0.2, 0) is 0 Å². The van der Waals surface area contributed by atoms with Crippen LogP contribution in [0.15, 0.2) is 42.7 Å². The second kappa shape index (κ2) is 9.67. The molecule has 2 fully saturated rings. The number of aromatic nitrogens is 2. The van der Waals surface area contributed by atoms with Crippen molar-refractivity contribution in [2.24, 2.45) is 11.7 Å². The summed E-state index contributed by atoms with van der Waals surface area (Å²) < 4.78 is 0. The molecule has 2 aliphatic rings. The molecule has 0 bridgehead atoms. The van der Waals surface area contributed by atoms with E-state index in [1.807, 2.05) is 24.3 Å². The van der Waals surface area contributed by atoms with Crippen molar-refractivity contribution in [1.29, 1.82) is 0 Å². The van der Waals surface area contributed by atoms with Gasteiger partial charge in [0.15, 0.2) is 5.69 Å².